The van der Waals surface area contributed by atoms with E-state index in [1.165, 1.54) is 0 Å². The van der Waals surface area contributed by atoms with Crippen LogP contribution in [0.2, 0.25) is 0 Å². The summed E-state index contributed by atoms with van der Waals surface area (Å²) >= 11 is 0. The standard InChI is InChI=1S/C13H16O3/c1-5-10-8(3)7(2)6-11(9(10)4)12(14)13(15)16/h6H,5H2,1-4H3,(H,15,16). The molecule has 16 heavy (non-hydrogen) atoms. The minimum Gasteiger partial charge on any atom is -0.475 e. The average Bonchev–Trinajstić information content (AvgIpc) is 2.23. The minimum atomic E-state index is -1.39. The maximum Gasteiger partial charge on any atom is 0.377 e. The summed E-state index contributed by atoms with van der Waals surface area (Å²) in [4.78, 5) is 22.2. The Morgan fingerprint density at radius 2 is 1.75 bits per heavy atom. The molecule has 0 heterocycles. The molecule has 0 atom stereocenters. The molecule has 0 saturated carbocycles. The number of aliphatic carboxylic acids is 1. The molecule has 0 aliphatic rings. The second kappa shape index (κ2) is 4.47. The first-order valence-corrected chi connectivity index (χ1v) is 5.27. The molecule has 3 nitrogen and oxygen atoms in total. The van der Waals surface area contributed by atoms with Gasteiger partial charge in [0.1, 0.15) is 0 Å². The molecular formula is C13H16O3. The Bertz CT molecular complexity index is 459. The van der Waals surface area contributed by atoms with E-state index in [2.05, 4.69) is 0 Å². The number of carbonyl (C=O) groups is 2. The lowest BCUT2D eigenvalue weighted by Gasteiger charge is -2.14. The third-order valence-electron chi connectivity index (χ3n) is 3.05. The summed E-state index contributed by atoms with van der Waals surface area (Å²) in [6, 6.07) is 1.67. The molecule has 0 amide bonds. The van der Waals surface area contributed by atoms with E-state index in [0.717, 1.165) is 28.7 Å². The topological polar surface area (TPSA) is 54.4 Å². The van der Waals surface area contributed by atoms with Crippen LogP contribution in [-0.2, 0) is 11.2 Å². The number of carbonyl (C=O) groups excluding carboxylic acids is 1. The number of benzene rings is 1. The molecule has 0 spiro atoms. The van der Waals surface area contributed by atoms with Crippen molar-refractivity contribution < 1.29 is 14.7 Å². The number of aryl methyl sites for hydroxylation is 1. The van der Waals surface area contributed by atoms with Crippen molar-refractivity contribution >= 4 is 11.8 Å². The molecule has 0 unspecified atom stereocenters. The average molecular weight is 220 g/mol. The van der Waals surface area contributed by atoms with E-state index in [1.807, 2.05) is 20.8 Å². The molecule has 0 fully saturated rings. The Balaban J connectivity index is 3.48. The van der Waals surface area contributed by atoms with Gasteiger partial charge in [-0.15, -0.1) is 0 Å². The predicted molar refractivity (Wildman–Crippen MR) is 62.0 cm³/mol. The van der Waals surface area contributed by atoms with Crippen LogP contribution in [0.25, 0.3) is 0 Å². The summed E-state index contributed by atoms with van der Waals surface area (Å²) in [7, 11) is 0. The van der Waals surface area contributed by atoms with E-state index in [0.29, 0.717) is 5.56 Å². The van der Waals surface area contributed by atoms with Crippen LogP contribution in [0.1, 0.15) is 39.5 Å². The second-order valence-electron chi connectivity index (χ2n) is 3.96. The molecule has 1 aromatic rings. The Morgan fingerprint density at radius 3 is 2.19 bits per heavy atom. The van der Waals surface area contributed by atoms with Crippen molar-refractivity contribution in [2.24, 2.45) is 0 Å². The van der Waals surface area contributed by atoms with E-state index in [-0.39, 0.29) is 0 Å². The first-order chi connectivity index (χ1) is 7.40. The predicted octanol–water partition coefficient (Wildman–Crippen LogP) is 2.44. The molecule has 0 bridgehead atoms. The Hall–Kier alpha value is -1.64. The van der Waals surface area contributed by atoms with Gasteiger partial charge in [0.15, 0.2) is 0 Å². The largest absolute Gasteiger partial charge is 0.475 e. The van der Waals surface area contributed by atoms with Gasteiger partial charge in [0.05, 0.1) is 0 Å². The maximum atomic E-state index is 11.5. The van der Waals surface area contributed by atoms with E-state index >= 15 is 0 Å². The molecule has 1 N–H and O–H groups in total. The summed E-state index contributed by atoms with van der Waals surface area (Å²) in [6.45, 7) is 7.70. The zero-order valence-electron chi connectivity index (χ0n) is 10.0. The van der Waals surface area contributed by atoms with Crippen LogP contribution >= 0.6 is 0 Å². The van der Waals surface area contributed by atoms with E-state index in [4.69, 9.17) is 5.11 Å². The van der Waals surface area contributed by atoms with E-state index in [1.54, 1.807) is 13.0 Å². The molecule has 86 valence electrons. The third kappa shape index (κ3) is 1.98. The molecule has 0 saturated heterocycles. The first-order valence-electron chi connectivity index (χ1n) is 5.27. The SMILES string of the molecule is CCc1c(C)c(C)cc(C(=O)C(=O)O)c1C. The van der Waals surface area contributed by atoms with Crippen molar-refractivity contribution in [2.75, 3.05) is 0 Å². The van der Waals surface area contributed by atoms with Crippen molar-refractivity contribution in [3.63, 3.8) is 0 Å². The van der Waals surface area contributed by atoms with Crippen LogP contribution < -0.4 is 0 Å². The number of carboxylic acid groups (broad SMARTS) is 1. The summed E-state index contributed by atoms with van der Waals surface area (Å²) in [5.41, 5.74) is 4.28. The molecule has 3 heteroatoms. The van der Waals surface area contributed by atoms with Gasteiger partial charge in [0.25, 0.3) is 5.78 Å². The summed E-state index contributed by atoms with van der Waals surface area (Å²) < 4.78 is 0. The molecule has 1 aromatic carbocycles. The van der Waals surface area contributed by atoms with Gasteiger partial charge in [-0.3, -0.25) is 4.79 Å². The van der Waals surface area contributed by atoms with Gasteiger partial charge >= 0.3 is 5.97 Å². The number of ketones is 1. The van der Waals surface area contributed by atoms with Crippen LogP contribution in [0, 0.1) is 20.8 Å². The molecule has 0 aromatic heterocycles. The highest BCUT2D eigenvalue weighted by Crippen LogP contribution is 2.23. The molecule has 0 aliphatic carbocycles. The van der Waals surface area contributed by atoms with Crippen molar-refractivity contribution in [3.05, 3.63) is 33.9 Å². The van der Waals surface area contributed by atoms with Gasteiger partial charge in [0.2, 0.25) is 0 Å². The lowest BCUT2D eigenvalue weighted by atomic mass is 9.90. The Kier molecular flexibility index (Phi) is 3.48. The number of rotatable bonds is 3. The lowest BCUT2D eigenvalue weighted by molar-refractivity contribution is -0.131. The van der Waals surface area contributed by atoms with E-state index in [9.17, 15) is 9.59 Å². The fraction of sp³-hybridized carbons (Fsp3) is 0.385. The highest BCUT2D eigenvalue weighted by atomic mass is 16.4. The fourth-order valence-corrected chi connectivity index (χ4v) is 2.00. The van der Waals surface area contributed by atoms with Crippen molar-refractivity contribution in [3.8, 4) is 0 Å². The van der Waals surface area contributed by atoms with Crippen molar-refractivity contribution in [1.82, 2.24) is 0 Å². The highest BCUT2D eigenvalue weighted by molar-refractivity contribution is 6.40. The second-order valence-corrected chi connectivity index (χ2v) is 3.96. The fourth-order valence-electron chi connectivity index (χ4n) is 2.00. The zero-order chi connectivity index (χ0) is 12.5. The van der Waals surface area contributed by atoms with Gasteiger partial charge < -0.3 is 5.11 Å². The van der Waals surface area contributed by atoms with Crippen LogP contribution in [0.5, 0.6) is 0 Å². The summed E-state index contributed by atoms with van der Waals surface area (Å²) in [6.07, 6.45) is 0.805. The number of carboxylic acids is 1. The molecule has 0 aliphatic heterocycles. The van der Waals surface area contributed by atoms with Crippen LogP contribution in [0.4, 0.5) is 0 Å². The number of Topliss-reactive ketones (excluding diaryl/α,β-unsaturated/α-hetero) is 1. The quantitative estimate of drug-likeness (QED) is 0.628. The van der Waals surface area contributed by atoms with E-state index < -0.39 is 11.8 Å². The van der Waals surface area contributed by atoms with Gasteiger partial charge in [-0.25, -0.2) is 4.79 Å². The Morgan fingerprint density at radius 1 is 1.19 bits per heavy atom. The van der Waals surface area contributed by atoms with Crippen molar-refractivity contribution in [1.29, 1.82) is 0 Å². The smallest absolute Gasteiger partial charge is 0.377 e. The normalized spacial score (nSPS) is 10.2. The van der Waals surface area contributed by atoms with Crippen LogP contribution in [-0.4, -0.2) is 16.9 Å². The van der Waals surface area contributed by atoms with Gasteiger partial charge in [-0.05, 0) is 55.5 Å². The van der Waals surface area contributed by atoms with Crippen molar-refractivity contribution in [2.45, 2.75) is 34.1 Å². The number of hydrogen-bond acceptors (Lipinski definition) is 2. The molecule has 0 radical (unpaired) electrons. The molecular weight excluding hydrogens is 204 g/mol. The van der Waals surface area contributed by atoms with Gasteiger partial charge in [-0.1, -0.05) is 6.92 Å². The maximum absolute atomic E-state index is 11.5. The summed E-state index contributed by atoms with van der Waals surface area (Å²) in [5, 5.41) is 8.73. The van der Waals surface area contributed by atoms with Crippen LogP contribution in [0.3, 0.4) is 0 Å². The molecule has 1 rings (SSSR count). The zero-order valence-corrected chi connectivity index (χ0v) is 10.0. The van der Waals surface area contributed by atoms with Gasteiger partial charge in [0, 0.05) is 5.56 Å². The Labute approximate surface area is 95.1 Å². The third-order valence-corrected chi connectivity index (χ3v) is 3.05. The van der Waals surface area contributed by atoms with Gasteiger partial charge in [-0.2, -0.15) is 0 Å². The van der Waals surface area contributed by atoms with Crippen LogP contribution in [0.15, 0.2) is 6.07 Å². The number of hydrogen-bond donors (Lipinski definition) is 1. The monoisotopic (exact) mass is 220 g/mol. The minimum absolute atomic E-state index is 0.312. The summed E-state index contributed by atoms with van der Waals surface area (Å²) in [5.74, 6) is -2.22. The highest BCUT2D eigenvalue weighted by Gasteiger charge is 2.20. The lowest BCUT2D eigenvalue weighted by Crippen LogP contribution is -2.16. The first kappa shape index (κ1) is 12.4.